The molecule has 0 saturated carbocycles. The van der Waals surface area contributed by atoms with Crippen LogP contribution in [0.3, 0.4) is 0 Å². The van der Waals surface area contributed by atoms with Gasteiger partial charge in [-0.1, -0.05) is 6.92 Å². The third-order valence-electron chi connectivity index (χ3n) is 4.89. The van der Waals surface area contributed by atoms with E-state index < -0.39 is 17.6 Å². The van der Waals surface area contributed by atoms with Crippen molar-refractivity contribution in [2.24, 2.45) is 0 Å². The second-order valence-electron chi connectivity index (χ2n) is 7.72. The Kier molecular flexibility index (Phi) is 6.08. The second kappa shape index (κ2) is 7.72. The van der Waals surface area contributed by atoms with Crippen LogP contribution in [0.2, 0.25) is 0 Å². The maximum Gasteiger partial charge on any atom is 0.410 e. The van der Waals surface area contributed by atoms with E-state index in [0.717, 1.165) is 19.3 Å². The van der Waals surface area contributed by atoms with Gasteiger partial charge in [0.05, 0.1) is 13.2 Å². The summed E-state index contributed by atoms with van der Waals surface area (Å²) in [6, 6.07) is -0.912. The third-order valence-corrected chi connectivity index (χ3v) is 4.89. The Morgan fingerprint density at radius 2 is 1.80 bits per heavy atom. The molecule has 2 saturated heterocycles. The number of hydrogen-bond acceptors (Lipinski definition) is 6. The highest BCUT2D eigenvalue weighted by atomic mass is 16.6. The van der Waals surface area contributed by atoms with Gasteiger partial charge in [0.1, 0.15) is 5.60 Å². The molecule has 2 heterocycles. The molecule has 7 heteroatoms. The number of fused-ring (bicyclic) bond motifs is 1. The van der Waals surface area contributed by atoms with Crippen LogP contribution in [0.4, 0.5) is 4.79 Å². The van der Waals surface area contributed by atoms with E-state index in [0.29, 0.717) is 13.1 Å². The number of esters is 1. The number of carbonyl (C=O) groups excluding carboxylic acids is 3. The molecule has 142 valence electrons. The van der Waals surface area contributed by atoms with Gasteiger partial charge in [-0.2, -0.15) is 0 Å². The van der Waals surface area contributed by atoms with Gasteiger partial charge in [-0.25, -0.2) is 9.59 Å². The predicted octanol–water partition coefficient (Wildman–Crippen LogP) is 1.98. The number of ether oxygens (including phenoxy) is 2. The quantitative estimate of drug-likeness (QED) is 0.568. The van der Waals surface area contributed by atoms with Crippen LogP contribution in [-0.2, 0) is 19.1 Å². The number of hydrogen-bond donors (Lipinski definition) is 0. The van der Waals surface area contributed by atoms with Crippen molar-refractivity contribution in [1.29, 1.82) is 0 Å². The van der Waals surface area contributed by atoms with Crippen LogP contribution >= 0.6 is 0 Å². The zero-order chi connectivity index (χ0) is 18.8. The Morgan fingerprint density at radius 1 is 1.12 bits per heavy atom. The van der Waals surface area contributed by atoms with E-state index in [4.69, 9.17) is 9.47 Å². The summed E-state index contributed by atoms with van der Waals surface area (Å²) < 4.78 is 10.4. The molecule has 7 nitrogen and oxygen atoms in total. The summed E-state index contributed by atoms with van der Waals surface area (Å²) in [5.74, 6) is -0.649. The van der Waals surface area contributed by atoms with E-state index in [9.17, 15) is 14.4 Å². The molecule has 0 aliphatic carbocycles. The van der Waals surface area contributed by atoms with Crippen molar-refractivity contribution in [1.82, 2.24) is 9.80 Å². The summed E-state index contributed by atoms with van der Waals surface area (Å²) in [4.78, 5) is 40.8. The van der Waals surface area contributed by atoms with Crippen LogP contribution in [0.1, 0.15) is 53.4 Å². The number of likely N-dealkylation sites (tertiary alicyclic amines) is 2. The summed E-state index contributed by atoms with van der Waals surface area (Å²) in [6.07, 6.45) is 2.37. The number of ketones is 1. The monoisotopic (exact) mass is 354 g/mol. The van der Waals surface area contributed by atoms with E-state index in [1.165, 1.54) is 7.11 Å². The first-order valence-corrected chi connectivity index (χ1v) is 9.05. The highest BCUT2D eigenvalue weighted by Gasteiger charge is 2.48. The minimum atomic E-state index is -0.872. The predicted molar refractivity (Wildman–Crippen MR) is 92.2 cm³/mol. The van der Waals surface area contributed by atoms with Crippen molar-refractivity contribution in [3.8, 4) is 0 Å². The van der Waals surface area contributed by atoms with Gasteiger partial charge in [-0.15, -0.1) is 0 Å². The molecule has 3 atom stereocenters. The second-order valence-corrected chi connectivity index (χ2v) is 7.72. The lowest BCUT2D eigenvalue weighted by atomic mass is 9.96. The summed E-state index contributed by atoms with van der Waals surface area (Å²) in [6.45, 7) is 8.54. The molecule has 25 heavy (non-hydrogen) atoms. The van der Waals surface area contributed by atoms with Gasteiger partial charge in [-0.3, -0.25) is 9.69 Å². The van der Waals surface area contributed by atoms with E-state index in [2.05, 4.69) is 0 Å². The first-order chi connectivity index (χ1) is 11.7. The molecule has 2 aliphatic heterocycles. The average Bonchev–Trinajstić information content (AvgIpc) is 2.96. The third kappa shape index (κ3) is 4.32. The van der Waals surface area contributed by atoms with E-state index >= 15 is 0 Å². The van der Waals surface area contributed by atoms with Crippen molar-refractivity contribution in [2.75, 3.05) is 20.2 Å². The number of amides is 1. The largest absolute Gasteiger partial charge is 0.468 e. The molecule has 0 aromatic carbocycles. The summed E-state index contributed by atoms with van der Waals surface area (Å²) >= 11 is 0. The highest BCUT2D eigenvalue weighted by molar-refractivity contribution is 6.03. The fourth-order valence-electron chi connectivity index (χ4n) is 3.84. The topological polar surface area (TPSA) is 76.2 Å². The molecule has 0 bridgehead atoms. The Morgan fingerprint density at radius 3 is 2.36 bits per heavy atom. The first-order valence-electron chi connectivity index (χ1n) is 9.05. The van der Waals surface area contributed by atoms with Crippen LogP contribution in [0.25, 0.3) is 0 Å². The number of Topliss-reactive ketones (excluding diaryl/α,β-unsaturated/α-hetero) is 1. The number of methoxy groups -OCH3 is 1. The summed E-state index contributed by atoms with van der Waals surface area (Å²) in [7, 11) is 1.31. The first kappa shape index (κ1) is 19.7. The van der Waals surface area contributed by atoms with Crippen LogP contribution < -0.4 is 0 Å². The number of nitrogens with zero attached hydrogens (tertiary/aromatic N) is 2. The number of carbonyl (C=O) groups is 3. The molecular weight excluding hydrogens is 324 g/mol. The molecule has 0 N–H and O–H groups in total. The van der Waals surface area contributed by atoms with Gasteiger partial charge in [0.2, 0.25) is 0 Å². The van der Waals surface area contributed by atoms with Crippen molar-refractivity contribution >= 4 is 17.8 Å². The minimum absolute atomic E-state index is 0.0131. The average molecular weight is 354 g/mol. The number of rotatable bonds is 4. The minimum Gasteiger partial charge on any atom is -0.468 e. The molecule has 0 aromatic rings. The van der Waals surface area contributed by atoms with E-state index in [1.807, 2.05) is 25.7 Å². The summed E-state index contributed by atoms with van der Waals surface area (Å²) in [5.41, 5.74) is -0.547. The van der Waals surface area contributed by atoms with E-state index in [-0.39, 0.29) is 30.4 Å². The van der Waals surface area contributed by atoms with Gasteiger partial charge >= 0.3 is 12.1 Å². The zero-order valence-electron chi connectivity index (χ0n) is 15.9. The molecule has 1 amide bonds. The standard InChI is InChI=1S/C18H30N2O5/c1-6-14(21)15(16(22)24-5)19-11-9-13-12(19)8-7-10-20(13)17(23)25-18(2,3)4/h12-13,15H,6-11H2,1-5H3. The van der Waals surface area contributed by atoms with Crippen LogP contribution in [0.15, 0.2) is 0 Å². The van der Waals surface area contributed by atoms with Gasteiger partial charge in [0.25, 0.3) is 0 Å². The lowest BCUT2D eigenvalue weighted by Gasteiger charge is -2.41. The van der Waals surface area contributed by atoms with Crippen LogP contribution in [-0.4, -0.2) is 71.6 Å². The molecular formula is C18H30N2O5. The Bertz CT molecular complexity index is 512. The van der Waals surface area contributed by atoms with Crippen LogP contribution in [0.5, 0.6) is 0 Å². The van der Waals surface area contributed by atoms with Crippen LogP contribution in [0, 0.1) is 0 Å². The summed E-state index contributed by atoms with van der Waals surface area (Å²) in [5, 5.41) is 0. The molecule has 2 rings (SSSR count). The van der Waals surface area contributed by atoms with Gasteiger partial charge in [0, 0.05) is 25.6 Å². The molecule has 2 fully saturated rings. The lowest BCUT2D eigenvalue weighted by molar-refractivity contribution is -0.152. The molecule has 0 radical (unpaired) electrons. The Balaban J connectivity index is 2.18. The smallest absolute Gasteiger partial charge is 0.410 e. The van der Waals surface area contributed by atoms with Gasteiger partial charge in [-0.05, 0) is 40.0 Å². The fraction of sp³-hybridized carbons (Fsp3) is 0.833. The van der Waals surface area contributed by atoms with Crippen molar-refractivity contribution in [3.05, 3.63) is 0 Å². The Labute approximate surface area is 149 Å². The van der Waals surface area contributed by atoms with Crippen molar-refractivity contribution in [2.45, 2.75) is 77.1 Å². The lowest BCUT2D eigenvalue weighted by Crippen LogP contribution is -2.57. The fourth-order valence-corrected chi connectivity index (χ4v) is 3.84. The normalized spacial score (nSPS) is 25.2. The van der Waals surface area contributed by atoms with Gasteiger partial charge in [0.15, 0.2) is 11.8 Å². The molecule has 0 aromatic heterocycles. The maximum atomic E-state index is 12.5. The SMILES string of the molecule is CCC(=O)C(C(=O)OC)N1CCC2C1CCCN2C(=O)OC(C)(C)C. The molecule has 0 spiro atoms. The molecule has 2 aliphatic rings. The van der Waals surface area contributed by atoms with E-state index in [1.54, 1.807) is 11.8 Å². The van der Waals surface area contributed by atoms with Crippen molar-refractivity contribution in [3.63, 3.8) is 0 Å². The van der Waals surface area contributed by atoms with Gasteiger partial charge < -0.3 is 14.4 Å². The Hall–Kier alpha value is -1.63. The highest BCUT2D eigenvalue weighted by Crippen LogP contribution is 2.33. The molecule has 3 unspecified atom stereocenters. The zero-order valence-corrected chi connectivity index (χ0v) is 15.9. The number of piperidine rings is 1. The van der Waals surface area contributed by atoms with Crippen molar-refractivity contribution < 1.29 is 23.9 Å². The maximum absolute atomic E-state index is 12.5.